The van der Waals surface area contributed by atoms with Gasteiger partial charge in [0, 0.05) is 6.04 Å². The molecule has 1 unspecified atom stereocenters. The Bertz CT molecular complexity index is 485. The topological polar surface area (TPSA) is 91.3 Å². The fraction of sp³-hybridized carbons (Fsp3) is 0.615. The molecule has 3 N–H and O–H groups in total. The van der Waals surface area contributed by atoms with Gasteiger partial charge in [-0.15, -0.1) is 11.3 Å². The first kappa shape index (κ1) is 16.4. The van der Waals surface area contributed by atoms with Gasteiger partial charge in [0.2, 0.25) is 0 Å². The molecule has 0 aliphatic rings. The maximum absolute atomic E-state index is 11.7. The Labute approximate surface area is 122 Å². The third-order valence-electron chi connectivity index (χ3n) is 2.64. The number of aromatic carboxylic acids is 1. The molecule has 0 saturated carbocycles. The first-order valence-electron chi connectivity index (χ1n) is 6.53. The quantitative estimate of drug-likeness (QED) is 0.752. The molecule has 1 rings (SSSR count). The number of hydrogen-bond donors (Lipinski definition) is 3. The number of carbonyl (C=O) groups is 2. The van der Waals surface area contributed by atoms with Gasteiger partial charge in [0.25, 0.3) is 0 Å². The molecule has 112 valence electrons. The van der Waals surface area contributed by atoms with Crippen LogP contribution in [0.4, 0.5) is 4.79 Å². The van der Waals surface area contributed by atoms with Gasteiger partial charge in [-0.3, -0.25) is 0 Å². The van der Waals surface area contributed by atoms with E-state index in [2.05, 4.69) is 29.5 Å². The number of amides is 2. The minimum Gasteiger partial charge on any atom is -0.477 e. The van der Waals surface area contributed by atoms with Gasteiger partial charge in [-0.05, 0) is 26.2 Å². The molecule has 6 nitrogen and oxygen atoms in total. The first-order valence-corrected chi connectivity index (χ1v) is 7.35. The minimum atomic E-state index is -0.985. The van der Waals surface area contributed by atoms with E-state index >= 15 is 0 Å². The molecular weight excluding hydrogens is 278 g/mol. The molecule has 0 aromatic carbocycles. The van der Waals surface area contributed by atoms with Gasteiger partial charge < -0.3 is 15.7 Å². The Hall–Kier alpha value is -1.63. The fourth-order valence-electron chi connectivity index (χ4n) is 1.92. The third kappa shape index (κ3) is 5.16. The summed E-state index contributed by atoms with van der Waals surface area (Å²) in [6.07, 6.45) is 0.910. The summed E-state index contributed by atoms with van der Waals surface area (Å²) in [5, 5.41) is 15.0. The molecular formula is C13H21N3O3S. The second kappa shape index (κ2) is 7.23. The summed E-state index contributed by atoms with van der Waals surface area (Å²) in [6, 6.07) is -0.162. The number of aryl methyl sites for hydroxylation is 1. The summed E-state index contributed by atoms with van der Waals surface area (Å²) < 4.78 is 0. The van der Waals surface area contributed by atoms with Crippen molar-refractivity contribution < 1.29 is 14.7 Å². The average Bonchev–Trinajstić information content (AvgIpc) is 2.66. The van der Waals surface area contributed by atoms with E-state index in [1.165, 1.54) is 0 Å². The number of nitrogens with one attached hydrogen (secondary N) is 2. The van der Waals surface area contributed by atoms with E-state index in [0.717, 1.165) is 17.8 Å². The molecule has 0 spiro atoms. The van der Waals surface area contributed by atoms with Crippen molar-refractivity contribution >= 4 is 23.3 Å². The van der Waals surface area contributed by atoms with E-state index in [4.69, 9.17) is 5.11 Å². The largest absolute Gasteiger partial charge is 0.477 e. The maximum Gasteiger partial charge on any atom is 0.347 e. The van der Waals surface area contributed by atoms with Gasteiger partial charge in [0.15, 0.2) is 0 Å². The summed E-state index contributed by atoms with van der Waals surface area (Å²) >= 11 is 1.09. The third-order valence-corrected chi connectivity index (χ3v) is 3.78. The van der Waals surface area contributed by atoms with E-state index in [1.807, 2.05) is 6.92 Å². The lowest BCUT2D eigenvalue weighted by Crippen LogP contribution is -2.40. The van der Waals surface area contributed by atoms with Crippen LogP contribution in [0.3, 0.4) is 0 Å². The van der Waals surface area contributed by atoms with Crippen molar-refractivity contribution in [2.75, 3.05) is 0 Å². The Kier molecular flexibility index (Phi) is 5.94. The Balaban J connectivity index is 2.45. The van der Waals surface area contributed by atoms with Crippen molar-refractivity contribution in [2.45, 2.75) is 46.7 Å². The molecule has 1 aromatic heterocycles. The molecule has 0 radical (unpaired) electrons. The summed E-state index contributed by atoms with van der Waals surface area (Å²) in [6.45, 7) is 8.03. The second-order valence-corrected chi connectivity index (χ2v) is 6.27. The Morgan fingerprint density at radius 1 is 1.35 bits per heavy atom. The highest BCUT2D eigenvalue weighted by Gasteiger charge is 2.14. The maximum atomic E-state index is 11.7. The van der Waals surface area contributed by atoms with Crippen molar-refractivity contribution in [1.82, 2.24) is 15.6 Å². The van der Waals surface area contributed by atoms with E-state index in [0.29, 0.717) is 16.6 Å². The predicted octanol–water partition coefficient (Wildman–Crippen LogP) is 2.38. The fourth-order valence-corrected chi connectivity index (χ4v) is 2.77. The molecule has 7 heteroatoms. The standard InChI is InChI=1S/C13H21N3O3S/c1-7(2)5-8(3)15-13(19)14-6-10-16-9(4)11(20-10)12(17)18/h7-8H,5-6H2,1-4H3,(H,17,18)(H2,14,15,19). The van der Waals surface area contributed by atoms with Crippen LogP contribution in [0.1, 0.15) is 47.6 Å². The molecule has 0 saturated heterocycles. The van der Waals surface area contributed by atoms with Crippen LogP contribution in [-0.4, -0.2) is 28.1 Å². The zero-order valence-electron chi connectivity index (χ0n) is 12.2. The highest BCUT2D eigenvalue weighted by Crippen LogP contribution is 2.17. The monoisotopic (exact) mass is 299 g/mol. The number of rotatable bonds is 6. The molecule has 0 fully saturated rings. The number of thiazole rings is 1. The summed E-state index contributed by atoms with van der Waals surface area (Å²) in [7, 11) is 0. The number of nitrogens with zero attached hydrogens (tertiary/aromatic N) is 1. The number of carboxylic acid groups (broad SMARTS) is 1. The number of carboxylic acids is 1. The Morgan fingerprint density at radius 2 is 2.00 bits per heavy atom. The lowest BCUT2D eigenvalue weighted by molar-refractivity contribution is 0.0701. The number of hydrogen-bond acceptors (Lipinski definition) is 4. The predicted molar refractivity (Wildman–Crippen MR) is 78.1 cm³/mol. The van der Waals surface area contributed by atoms with E-state index in [9.17, 15) is 9.59 Å². The lowest BCUT2D eigenvalue weighted by atomic mass is 10.1. The van der Waals surface area contributed by atoms with Crippen molar-refractivity contribution in [3.63, 3.8) is 0 Å². The van der Waals surface area contributed by atoms with Crippen molar-refractivity contribution in [3.8, 4) is 0 Å². The molecule has 1 heterocycles. The van der Waals surface area contributed by atoms with E-state index in [1.54, 1.807) is 6.92 Å². The molecule has 2 amide bonds. The number of urea groups is 1. The zero-order chi connectivity index (χ0) is 15.3. The van der Waals surface area contributed by atoms with Crippen LogP contribution < -0.4 is 10.6 Å². The van der Waals surface area contributed by atoms with E-state index < -0.39 is 5.97 Å². The van der Waals surface area contributed by atoms with Crippen LogP contribution in [0.2, 0.25) is 0 Å². The first-order chi connectivity index (χ1) is 9.29. The highest BCUT2D eigenvalue weighted by molar-refractivity contribution is 7.13. The lowest BCUT2D eigenvalue weighted by Gasteiger charge is -2.16. The van der Waals surface area contributed by atoms with Crippen LogP contribution >= 0.6 is 11.3 Å². The van der Waals surface area contributed by atoms with Crippen molar-refractivity contribution in [3.05, 3.63) is 15.6 Å². The molecule has 0 aliphatic carbocycles. The molecule has 1 atom stereocenters. The van der Waals surface area contributed by atoms with Crippen LogP contribution in [0.5, 0.6) is 0 Å². The van der Waals surface area contributed by atoms with Crippen molar-refractivity contribution in [2.24, 2.45) is 5.92 Å². The molecule has 0 aliphatic heterocycles. The van der Waals surface area contributed by atoms with Crippen LogP contribution in [-0.2, 0) is 6.54 Å². The summed E-state index contributed by atoms with van der Waals surface area (Å²) in [5.41, 5.74) is 0.480. The summed E-state index contributed by atoms with van der Waals surface area (Å²) in [4.78, 5) is 26.9. The van der Waals surface area contributed by atoms with Crippen LogP contribution in [0.15, 0.2) is 0 Å². The minimum absolute atomic E-state index is 0.0996. The van der Waals surface area contributed by atoms with Gasteiger partial charge in [-0.1, -0.05) is 13.8 Å². The average molecular weight is 299 g/mol. The van der Waals surface area contributed by atoms with Gasteiger partial charge in [-0.2, -0.15) is 0 Å². The number of aromatic nitrogens is 1. The molecule has 1 aromatic rings. The highest BCUT2D eigenvalue weighted by atomic mass is 32.1. The second-order valence-electron chi connectivity index (χ2n) is 5.18. The van der Waals surface area contributed by atoms with Crippen molar-refractivity contribution in [1.29, 1.82) is 0 Å². The van der Waals surface area contributed by atoms with E-state index in [-0.39, 0.29) is 23.5 Å². The van der Waals surface area contributed by atoms with Gasteiger partial charge in [0.05, 0.1) is 12.2 Å². The molecule has 20 heavy (non-hydrogen) atoms. The molecule has 0 bridgehead atoms. The van der Waals surface area contributed by atoms with Gasteiger partial charge in [-0.25, -0.2) is 14.6 Å². The van der Waals surface area contributed by atoms with Crippen LogP contribution in [0, 0.1) is 12.8 Å². The van der Waals surface area contributed by atoms with Crippen LogP contribution in [0.25, 0.3) is 0 Å². The van der Waals surface area contributed by atoms with Gasteiger partial charge >= 0.3 is 12.0 Å². The number of carbonyl (C=O) groups excluding carboxylic acids is 1. The Morgan fingerprint density at radius 3 is 2.50 bits per heavy atom. The summed E-state index contributed by atoms with van der Waals surface area (Å²) in [5.74, 6) is -0.466. The zero-order valence-corrected chi connectivity index (χ0v) is 13.0. The smallest absolute Gasteiger partial charge is 0.347 e. The normalized spacial score (nSPS) is 12.2. The SMILES string of the molecule is Cc1nc(CNC(=O)NC(C)CC(C)C)sc1C(=O)O. The van der Waals surface area contributed by atoms with Gasteiger partial charge in [0.1, 0.15) is 9.88 Å².